The summed E-state index contributed by atoms with van der Waals surface area (Å²) in [5, 5.41) is 8.95. The van der Waals surface area contributed by atoms with Gasteiger partial charge in [-0.15, -0.1) is 0 Å². The number of aliphatic carboxylic acids is 1. The molecule has 1 aliphatic carbocycles. The lowest BCUT2D eigenvalue weighted by molar-refractivity contribution is -0.142. The molecule has 0 radical (unpaired) electrons. The van der Waals surface area contributed by atoms with Crippen LogP contribution >= 0.6 is 0 Å². The summed E-state index contributed by atoms with van der Waals surface area (Å²) in [5.41, 5.74) is 1.97. The summed E-state index contributed by atoms with van der Waals surface area (Å²) in [5.74, 6) is -0.183. The number of carboxylic acids is 1. The first-order valence-electron chi connectivity index (χ1n) is 5.58. The molecule has 16 heavy (non-hydrogen) atoms. The minimum atomic E-state index is -0.716. The van der Waals surface area contributed by atoms with Gasteiger partial charge in [0.15, 0.2) is 0 Å². The van der Waals surface area contributed by atoms with Crippen molar-refractivity contribution in [3.63, 3.8) is 0 Å². The molecule has 1 aromatic heterocycles. The summed E-state index contributed by atoms with van der Waals surface area (Å²) in [6, 6.07) is 0. The van der Waals surface area contributed by atoms with E-state index in [-0.39, 0.29) is 5.92 Å². The quantitative estimate of drug-likeness (QED) is 0.804. The van der Waals surface area contributed by atoms with Crippen molar-refractivity contribution in [2.24, 2.45) is 5.92 Å². The molecular formula is C11H16N2O3. The van der Waals surface area contributed by atoms with Gasteiger partial charge in [0.25, 0.3) is 0 Å². The second-order valence-electron chi connectivity index (χ2n) is 4.02. The molecule has 1 aromatic rings. The van der Waals surface area contributed by atoms with E-state index >= 15 is 0 Å². The highest BCUT2D eigenvalue weighted by molar-refractivity contribution is 5.70. The molecule has 0 aromatic carbocycles. The predicted molar refractivity (Wildman–Crippen MR) is 57.1 cm³/mol. The van der Waals surface area contributed by atoms with Gasteiger partial charge in [0.05, 0.1) is 11.6 Å². The Morgan fingerprint density at radius 2 is 2.50 bits per heavy atom. The third-order valence-electron chi connectivity index (χ3n) is 2.89. The largest absolute Gasteiger partial charge is 0.481 e. The molecule has 5 nitrogen and oxygen atoms in total. The van der Waals surface area contributed by atoms with Gasteiger partial charge in [-0.3, -0.25) is 4.79 Å². The Balaban J connectivity index is 2.07. The van der Waals surface area contributed by atoms with Gasteiger partial charge in [0.2, 0.25) is 0 Å². The maximum Gasteiger partial charge on any atom is 0.306 e. The molecule has 5 heteroatoms. The number of nitrogens with one attached hydrogen (secondary N) is 1. The predicted octanol–water partition coefficient (Wildman–Crippen LogP) is 1.14. The van der Waals surface area contributed by atoms with Crippen molar-refractivity contribution >= 4 is 5.97 Å². The smallest absolute Gasteiger partial charge is 0.306 e. The van der Waals surface area contributed by atoms with E-state index in [1.165, 1.54) is 0 Å². The van der Waals surface area contributed by atoms with Gasteiger partial charge in [-0.1, -0.05) is 0 Å². The summed E-state index contributed by atoms with van der Waals surface area (Å²) in [4.78, 5) is 18.4. The second-order valence-corrected chi connectivity index (χ2v) is 4.02. The Kier molecular flexibility index (Phi) is 3.24. The van der Waals surface area contributed by atoms with E-state index in [2.05, 4.69) is 9.97 Å². The van der Waals surface area contributed by atoms with Crippen molar-refractivity contribution in [1.82, 2.24) is 9.97 Å². The fourth-order valence-corrected chi connectivity index (χ4v) is 2.02. The number of rotatable bonds is 4. The highest BCUT2D eigenvalue weighted by Crippen LogP contribution is 2.24. The molecule has 0 aliphatic heterocycles. The summed E-state index contributed by atoms with van der Waals surface area (Å²) in [7, 11) is 0. The molecule has 2 rings (SSSR count). The van der Waals surface area contributed by atoms with Crippen molar-refractivity contribution in [2.75, 3.05) is 6.61 Å². The third kappa shape index (κ3) is 2.24. The molecule has 0 saturated carbocycles. The number of ether oxygens (including phenoxy) is 1. The molecule has 2 N–H and O–H groups in total. The first-order chi connectivity index (χ1) is 7.70. The number of hydrogen-bond acceptors (Lipinski definition) is 3. The van der Waals surface area contributed by atoms with E-state index in [4.69, 9.17) is 9.84 Å². The zero-order valence-corrected chi connectivity index (χ0v) is 9.32. The normalized spacial score (nSPS) is 19.4. The third-order valence-corrected chi connectivity index (χ3v) is 2.89. The topological polar surface area (TPSA) is 75.2 Å². The minimum Gasteiger partial charge on any atom is -0.481 e. The van der Waals surface area contributed by atoms with E-state index in [9.17, 15) is 4.79 Å². The van der Waals surface area contributed by atoms with Crippen molar-refractivity contribution in [1.29, 1.82) is 0 Å². The number of aromatic amines is 1. The Morgan fingerprint density at radius 3 is 3.19 bits per heavy atom. The van der Waals surface area contributed by atoms with Crippen LogP contribution in [-0.4, -0.2) is 27.7 Å². The molecule has 1 unspecified atom stereocenters. The zero-order chi connectivity index (χ0) is 11.5. The minimum absolute atomic E-state index is 0.270. The lowest BCUT2D eigenvalue weighted by Crippen LogP contribution is -2.22. The second kappa shape index (κ2) is 4.65. The van der Waals surface area contributed by atoms with Crippen molar-refractivity contribution in [2.45, 2.75) is 32.8 Å². The average molecular weight is 224 g/mol. The number of hydrogen-bond donors (Lipinski definition) is 2. The molecule has 0 bridgehead atoms. The number of aromatic nitrogens is 2. The fraction of sp³-hybridized carbons (Fsp3) is 0.636. The summed E-state index contributed by atoms with van der Waals surface area (Å²) >= 11 is 0. The highest BCUT2D eigenvalue weighted by Gasteiger charge is 2.26. The van der Waals surface area contributed by atoms with Crippen molar-refractivity contribution < 1.29 is 14.6 Å². The van der Waals surface area contributed by atoms with Crippen LogP contribution in [-0.2, 0) is 29.0 Å². The number of fused-ring (bicyclic) bond motifs is 1. The number of imidazole rings is 1. The van der Waals surface area contributed by atoms with Crippen molar-refractivity contribution in [3.8, 4) is 0 Å². The van der Waals surface area contributed by atoms with Crippen LogP contribution in [0.1, 0.15) is 30.6 Å². The molecular weight excluding hydrogens is 208 g/mol. The lowest BCUT2D eigenvalue weighted by atomic mass is 9.90. The zero-order valence-electron chi connectivity index (χ0n) is 9.32. The Labute approximate surface area is 93.8 Å². The average Bonchev–Trinajstić information content (AvgIpc) is 2.67. The Bertz CT molecular complexity index is 387. The monoisotopic (exact) mass is 224 g/mol. The van der Waals surface area contributed by atoms with Gasteiger partial charge >= 0.3 is 5.97 Å². The van der Waals surface area contributed by atoms with E-state index in [0.717, 1.165) is 23.6 Å². The molecule has 0 amide bonds. The Morgan fingerprint density at radius 1 is 1.69 bits per heavy atom. The molecule has 88 valence electrons. The molecule has 1 aliphatic rings. The van der Waals surface area contributed by atoms with Crippen LogP contribution in [0.4, 0.5) is 0 Å². The number of H-pyrrole nitrogens is 1. The van der Waals surface area contributed by atoms with Crippen molar-refractivity contribution in [3.05, 3.63) is 17.2 Å². The molecule has 1 heterocycles. The van der Waals surface area contributed by atoms with Crippen LogP contribution in [0.15, 0.2) is 0 Å². The highest BCUT2D eigenvalue weighted by atomic mass is 16.5. The molecule has 0 saturated heterocycles. The van der Waals surface area contributed by atoms with Crippen LogP contribution in [0.3, 0.4) is 0 Å². The van der Waals surface area contributed by atoms with Crippen LogP contribution in [0.5, 0.6) is 0 Å². The maximum absolute atomic E-state index is 10.9. The van der Waals surface area contributed by atoms with Gasteiger partial charge in [-0.05, 0) is 19.8 Å². The number of carbonyl (C=O) groups is 1. The number of carboxylic acid groups (broad SMARTS) is 1. The maximum atomic E-state index is 10.9. The summed E-state index contributed by atoms with van der Waals surface area (Å²) in [6.07, 6.45) is 1.99. The first kappa shape index (κ1) is 11.1. The van der Waals surface area contributed by atoms with E-state index in [1.807, 2.05) is 6.92 Å². The molecule has 1 atom stereocenters. The van der Waals surface area contributed by atoms with Crippen LogP contribution in [0, 0.1) is 5.92 Å². The fourth-order valence-electron chi connectivity index (χ4n) is 2.02. The van der Waals surface area contributed by atoms with Gasteiger partial charge in [-0.2, -0.15) is 0 Å². The van der Waals surface area contributed by atoms with Gasteiger partial charge in [0, 0.05) is 18.7 Å². The van der Waals surface area contributed by atoms with Gasteiger partial charge < -0.3 is 14.8 Å². The van der Waals surface area contributed by atoms with E-state index in [1.54, 1.807) is 0 Å². The lowest BCUT2D eigenvalue weighted by Gasteiger charge is -2.16. The number of nitrogens with zero attached hydrogens (tertiary/aromatic N) is 1. The molecule has 0 fully saturated rings. The summed E-state index contributed by atoms with van der Waals surface area (Å²) < 4.78 is 5.26. The van der Waals surface area contributed by atoms with Gasteiger partial charge in [-0.25, -0.2) is 4.98 Å². The van der Waals surface area contributed by atoms with Gasteiger partial charge in [0.1, 0.15) is 12.4 Å². The van der Waals surface area contributed by atoms with Crippen LogP contribution in [0.2, 0.25) is 0 Å². The standard InChI is InChI=1S/C11H16N2O3/c1-2-16-6-10-12-8-4-3-7(11(14)15)5-9(8)13-10/h7H,2-6H2,1H3,(H,12,13)(H,14,15). The number of aryl methyl sites for hydroxylation is 1. The van der Waals surface area contributed by atoms with Crippen LogP contribution in [0.25, 0.3) is 0 Å². The van der Waals surface area contributed by atoms with E-state index < -0.39 is 5.97 Å². The first-order valence-corrected chi connectivity index (χ1v) is 5.58. The van der Waals surface area contributed by atoms with E-state index in [0.29, 0.717) is 26.1 Å². The van der Waals surface area contributed by atoms with Crippen LogP contribution < -0.4 is 0 Å². The molecule has 0 spiro atoms. The Hall–Kier alpha value is -1.36. The summed E-state index contributed by atoms with van der Waals surface area (Å²) in [6.45, 7) is 3.06. The SMILES string of the molecule is CCOCc1nc2c([nH]1)CC(C(=O)O)CC2.